The van der Waals surface area contributed by atoms with E-state index in [1.807, 2.05) is 36.4 Å². The molecular weight excluding hydrogens is 260 g/mol. The van der Waals surface area contributed by atoms with E-state index in [-0.39, 0.29) is 11.9 Å². The van der Waals surface area contributed by atoms with E-state index in [1.165, 1.54) is 5.56 Å². The predicted molar refractivity (Wildman–Crippen MR) is 84.0 cm³/mol. The van der Waals surface area contributed by atoms with Crippen LogP contribution in [0, 0.1) is 0 Å². The zero-order chi connectivity index (χ0) is 14.8. The SMILES string of the molecule is CCC(C)c1ccc(C(=O)C2Cc3ccccc3O2)cc1. The quantitative estimate of drug-likeness (QED) is 0.777. The van der Waals surface area contributed by atoms with Crippen LogP contribution in [0.1, 0.15) is 47.7 Å². The topological polar surface area (TPSA) is 26.3 Å². The highest BCUT2D eigenvalue weighted by molar-refractivity contribution is 6.00. The van der Waals surface area contributed by atoms with Crippen LogP contribution >= 0.6 is 0 Å². The molecular formula is C19H20O2. The number of ether oxygens (including phenoxy) is 1. The highest BCUT2D eigenvalue weighted by atomic mass is 16.5. The van der Waals surface area contributed by atoms with Gasteiger partial charge in [-0.2, -0.15) is 0 Å². The molecule has 1 aliphatic heterocycles. The van der Waals surface area contributed by atoms with Gasteiger partial charge in [0.1, 0.15) is 5.75 Å². The summed E-state index contributed by atoms with van der Waals surface area (Å²) in [5.74, 6) is 1.44. The third kappa shape index (κ3) is 2.71. The van der Waals surface area contributed by atoms with Crippen LogP contribution in [-0.4, -0.2) is 11.9 Å². The Morgan fingerprint density at radius 1 is 1.19 bits per heavy atom. The van der Waals surface area contributed by atoms with Crippen LogP contribution in [0.4, 0.5) is 0 Å². The average molecular weight is 280 g/mol. The van der Waals surface area contributed by atoms with Crippen molar-refractivity contribution in [1.82, 2.24) is 0 Å². The van der Waals surface area contributed by atoms with Crippen molar-refractivity contribution in [2.75, 3.05) is 0 Å². The summed E-state index contributed by atoms with van der Waals surface area (Å²) in [5.41, 5.74) is 3.14. The Morgan fingerprint density at radius 3 is 2.57 bits per heavy atom. The Labute approximate surface area is 125 Å². The molecule has 0 aromatic heterocycles. The molecule has 0 aliphatic carbocycles. The number of Topliss-reactive ketones (excluding diaryl/α,β-unsaturated/α-hetero) is 1. The summed E-state index contributed by atoms with van der Waals surface area (Å²) < 4.78 is 5.77. The van der Waals surface area contributed by atoms with E-state index in [1.54, 1.807) is 0 Å². The van der Waals surface area contributed by atoms with Crippen molar-refractivity contribution in [3.8, 4) is 5.75 Å². The van der Waals surface area contributed by atoms with Crippen molar-refractivity contribution < 1.29 is 9.53 Å². The van der Waals surface area contributed by atoms with Gasteiger partial charge in [-0.1, -0.05) is 56.3 Å². The maximum atomic E-state index is 12.5. The third-order valence-electron chi connectivity index (χ3n) is 4.32. The lowest BCUT2D eigenvalue weighted by molar-refractivity contribution is 0.0824. The first-order chi connectivity index (χ1) is 10.2. The molecule has 2 atom stereocenters. The first-order valence-electron chi connectivity index (χ1n) is 7.57. The van der Waals surface area contributed by atoms with Gasteiger partial charge in [-0.3, -0.25) is 4.79 Å². The van der Waals surface area contributed by atoms with Gasteiger partial charge >= 0.3 is 0 Å². The van der Waals surface area contributed by atoms with E-state index in [0.717, 1.165) is 23.3 Å². The van der Waals surface area contributed by atoms with Crippen LogP contribution in [0.15, 0.2) is 48.5 Å². The highest BCUT2D eigenvalue weighted by Crippen LogP contribution is 2.30. The predicted octanol–water partition coefficient (Wildman–Crippen LogP) is 4.39. The molecule has 1 aliphatic rings. The number of ketones is 1. The van der Waals surface area contributed by atoms with Crippen LogP contribution in [0.25, 0.3) is 0 Å². The number of para-hydroxylation sites is 1. The lowest BCUT2D eigenvalue weighted by atomic mass is 9.95. The van der Waals surface area contributed by atoms with Crippen molar-refractivity contribution in [2.45, 2.75) is 38.7 Å². The largest absolute Gasteiger partial charge is 0.482 e. The number of rotatable bonds is 4. The number of carbonyl (C=O) groups excluding carboxylic acids is 1. The minimum Gasteiger partial charge on any atom is -0.482 e. The molecule has 0 fully saturated rings. The zero-order valence-electron chi connectivity index (χ0n) is 12.5. The average Bonchev–Trinajstić information content (AvgIpc) is 2.97. The maximum Gasteiger partial charge on any atom is 0.203 e. The summed E-state index contributed by atoms with van der Waals surface area (Å²) >= 11 is 0. The van der Waals surface area contributed by atoms with Gasteiger partial charge in [-0.15, -0.1) is 0 Å². The van der Waals surface area contributed by atoms with Gasteiger partial charge in [-0.25, -0.2) is 0 Å². The van der Waals surface area contributed by atoms with Crippen molar-refractivity contribution in [3.05, 3.63) is 65.2 Å². The number of fused-ring (bicyclic) bond motifs is 1. The first kappa shape index (κ1) is 13.9. The summed E-state index contributed by atoms with van der Waals surface area (Å²) in [5, 5.41) is 0. The van der Waals surface area contributed by atoms with Crippen LogP contribution in [0.5, 0.6) is 5.75 Å². The van der Waals surface area contributed by atoms with E-state index in [2.05, 4.69) is 26.0 Å². The third-order valence-corrected chi connectivity index (χ3v) is 4.32. The Kier molecular flexibility index (Phi) is 3.78. The molecule has 0 spiro atoms. The van der Waals surface area contributed by atoms with Crippen LogP contribution in [0.3, 0.4) is 0 Å². The van der Waals surface area contributed by atoms with Crippen molar-refractivity contribution in [1.29, 1.82) is 0 Å². The van der Waals surface area contributed by atoms with Gasteiger partial charge in [0, 0.05) is 12.0 Å². The van der Waals surface area contributed by atoms with Crippen LogP contribution in [0.2, 0.25) is 0 Å². The molecule has 0 radical (unpaired) electrons. The molecule has 3 rings (SSSR count). The van der Waals surface area contributed by atoms with E-state index in [4.69, 9.17) is 4.74 Å². The molecule has 0 saturated carbocycles. The summed E-state index contributed by atoms with van der Waals surface area (Å²) in [7, 11) is 0. The molecule has 108 valence electrons. The molecule has 2 aromatic carbocycles. The van der Waals surface area contributed by atoms with E-state index in [0.29, 0.717) is 12.3 Å². The van der Waals surface area contributed by atoms with Gasteiger partial charge in [0.25, 0.3) is 0 Å². The molecule has 1 heterocycles. The Morgan fingerprint density at radius 2 is 1.90 bits per heavy atom. The van der Waals surface area contributed by atoms with Crippen LogP contribution in [-0.2, 0) is 6.42 Å². The van der Waals surface area contributed by atoms with E-state index in [9.17, 15) is 4.79 Å². The second kappa shape index (κ2) is 5.72. The minimum atomic E-state index is -0.378. The fourth-order valence-electron chi connectivity index (χ4n) is 2.73. The Hall–Kier alpha value is -2.09. The van der Waals surface area contributed by atoms with Gasteiger partial charge in [0.15, 0.2) is 6.10 Å². The number of benzene rings is 2. The number of hydrogen-bond acceptors (Lipinski definition) is 2. The molecule has 0 saturated heterocycles. The summed E-state index contributed by atoms with van der Waals surface area (Å²) in [6.45, 7) is 4.38. The first-order valence-corrected chi connectivity index (χ1v) is 7.57. The molecule has 0 amide bonds. The standard InChI is InChI=1S/C19H20O2/c1-3-13(2)14-8-10-15(11-9-14)19(20)18-12-16-6-4-5-7-17(16)21-18/h4-11,13,18H,3,12H2,1-2H3. The van der Waals surface area contributed by atoms with Gasteiger partial charge in [0.05, 0.1) is 0 Å². The molecule has 21 heavy (non-hydrogen) atoms. The molecule has 0 bridgehead atoms. The molecule has 2 heteroatoms. The van der Waals surface area contributed by atoms with Crippen molar-refractivity contribution in [2.24, 2.45) is 0 Å². The fourth-order valence-corrected chi connectivity index (χ4v) is 2.73. The summed E-state index contributed by atoms with van der Waals surface area (Å²) in [6.07, 6.45) is 1.40. The number of carbonyl (C=O) groups is 1. The van der Waals surface area contributed by atoms with Gasteiger partial charge in [0.2, 0.25) is 5.78 Å². The second-order valence-corrected chi connectivity index (χ2v) is 5.71. The van der Waals surface area contributed by atoms with Gasteiger partial charge < -0.3 is 4.74 Å². The molecule has 2 unspecified atom stereocenters. The monoisotopic (exact) mass is 280 g/mol. The maximum absolute atomic E-state index is 12.5. The van der Waals surface area contributed by atoms with Crippen molar-refractivity contribution in [3.63, 3.8) is 0 Å². The molecule has 2 aromatic rings. The zero-order valence-corrected chi connectivity index (χ0v) is 12.5. The lowest BCUT2D eigenvalue weighted by Crippen LogP contribution is -2.25. The Bertz CT molecular complexity index is 618. The Balaban J connectivity index is 1.75. The summed E-state index contributed by atoms with van der Waals surface area (Å²) in [4.78, 5) is 12.5. The smallest absolute Gasteiger partial charge is 0.203 e. The van der Waals surface area contributed by atoms with E-state index >= 15 is 0 Å². The summed E-state index contributed by atoms with van der Waals surface area (Å²) in [6, 6.07) is 15.8. The minimum absolute atomic E-state index is 0.0712. The van der Waals surface area contributed by atoms with E-state index < -0.39 is 0 Å². The van der Waals surface area contributed by atoms with Crippen molar-refractivity contribution >= 4 is 5.78 Å². The second-order valence-electron chi connectivity index (χ2n) is 5.71. The number of hydrogen-bond donors (Lipinski definition) is 0. The molecule has 0 N–H and O–H groups in total. The molecule has 2 nitrogen and oxygen atoms in total. The fraction of sp³-hybridized carbons (Fsp3) is 0.316. The lowest BCUT2D eigenvalue weighted by Gasteiger charge is -2.12. The van der Waals surface area contributed by atoms with Crippen LogP contribution < -0.4 is 4.74 Å². The normalized spacial score (nSPS) is 17.9. The van der Waals surface area contributed by atoms with Gasteiger partial charge in [-0.05, 0) is 29.5 Å². The highest BCUT2D eigenvalue weighted by Gasteiger charge is 2.29.